The molecule has 2 atom stereocenters. The Bertz CT molecular complexity index is 927. The maximum atomic E-state index is 6.38. The average molecular weight is 467 g/mol. The normalized spacial score (nSPS) is 21.2. The summed E-state index contributed by atoms with van der Waals surface area (Å²) >= 11 is 18.7. The Morgan fingerprint density at radius 1 is 1.23 bits per heavy atom. The summed E-state index contributed by atoms with van der Waals surface area (Å²) in [5.74, 6) is 1.35. The Balaban J connectivity index is 1.47. The molecule has 0 bridgehead atoms. The van der Waals surface area contributed by atoms with Crippen LogP contribution < -0.4 is 10.6 Å². The summed E-state index contributed by atoms with van der Waals surface area (Å²) in [4.78, 5) is 11.8. The van der Waals surface area contributed by atoms with E-state index in [0.29, 0.717) is 26.9 Å². The number of anilines is 1. The highest BCUT2D eigenvalue weighted by molar-refractivity contribution is 6.35. The maximum absolute atomic E-state index is 6.38. The number of hydrogen-bond donors (Lipinski definition) is 2. The number of rotatable bonds is 5. The van der Waals surface area contributed by atoms with Gasteiger partial charge in [0.05, 0.1) is 12.2 Å². The zero-order valence-electron chi connectivity index (χ0n) is 17.0. The highest BCUT2D eigenvalue weighted by Crippen LogP contribution is 2.31. The molecule has 0 amide bonds. The van der Waals surface area contributed by atoms with Crippen LogP contribution in [0.4, 0.5) is 5.82 Å². The van der Waals surface area contributed by atoms with Crippen molar-refractivity contribution in [3.8, 4) is 0 Å². The van der Waals surface area contributed by atoms with Gasteiger partial charge >= 0.3 is 0 Å². The predicted molar refractivity (Wildman–Crippen MR) is 126 cm³/mol. The molecule has 2 aliphatic heterocycles. The van der Waals surface area contributed by atoms with Gasteiger partial charge in [0.1, 0.15) is 10.8 Å². The third kappa shape index (κ3) is 5.09. The van der Waals surface area contributed by atoms with Gasteiger partial charge in [-0.25, -0.2) is 9.97 Å². The minimum Gasteiger partial charge on any atom is -0.362 e. The van der Waals surface area contributed by atoms with Gasteiger partial charge in [-0.2, -0.15) is 0 Å². The molecule has 1 aromatic heterocycles. The van der Waals surface area contributed by atoms with Crippen molar-refractivity contribution >= 4 is 46.2 Å². The van der Waals surface area contributed by atoms with Crippen LogP contribution in [0, 0.1) is 0 Å². The van der Waals surface area contributed by atoms with Crippen LogP contribution >= 0.6 is 34.8 Å². The van der Waals surface area contributed by atoms with Crippen molar-refractivity contribution < 1.29 is 0 Å². The van der Waals surface area contributed by atoms with Crippen LogP contribution in [0.1, 0.15) is 43.6 Å². The lowest BCUT2D eigenvalue weighted by Crippen LogP contribution is -2.47. The Morgan fingerprint density at radius 2 is 2.10 bits per heavy atom. The van der Waals surface area contributed by atoms with Crippen LogP contribution in [0.15, 0.2) is 30.5 Å². The molecule has 1 fully saturated rings. The second kappa shape index (κ2) is 9.84. The molecule has 2 unspecified atom stereocenters. The number of nitrogens with one attached hydrogen (secondary N) is 2. The minimum absolute atomic E-state index is 0.0790. The number of nitrogens with zero attached hydrogens (tertiary/aromatic N) is 3. The van der Waals surface area contributed by atoms with Gasteiger partial charge < -0.3 is 10.6 Å². The van der Waals surface area contributed by atoms with Crippen LogP contribution in [0.2, 0.25) is 15.1 Å². The van der Waals surface area contributed by atoms with Crippen molar-refractivity contribution in [3.05, 3.63) is 56.9 Å². The molecule has 0 saturated carbocycles. The smallest absolute Gasteiger partial charge is 0.157 e. The van der Waals surface area contributed by atoms with E-state index in [9.17, 15) is 0 Å². The fourth-order valence-electron chi connectivity index (χ4n) is 4.12. The van der Waals surface area contributed by atoms with Crippen molar-refractivity contribution in [2.75, 3.05) is 31.5 Å². The van der Waals surface area contributed by atoms with E-state index in [4.69, 9.17) is 39.8 Å². The van der Waals surface area contributed by atoms with Gasteiger partial charge in [-0.05, 0) is 56.0 Å². The number of hydrogen-bond acceptors (Lipinski definition) is 5. The first-order chi connectivity index (χ1) is 14.5. The van der Waals surface area contributed by atoms with E-state index in [1.165, 1.54) is 18.4 Å². The average Bonchev–Trinajstić information content (AvgIpc) is 2.76. The molecule has 2 aromatic rings. The zero-order chi connectivity index (χ0) is 21.1. The van der Waals surface area contributed by atoms with Crippen molar-refractivity contribution in [2.45, 2.75) is 38.3 Å². The van der Waals surface area contributed by atoms with Crippen LogP contribution in [0.5, 0.6) is 0 Å². The standard InChI is InChI=1S/C22H26Cl3N5/c1-14(18-5-4-16(23)11-19(18)24)28-22-20(25)13-27-21(29-22)15-6-9-30(10-7-15)17-3-2-8-26-12-17/h4-6,11,13-14,17,26H,2-3,7-10,12H2,1H3,(H,27,28,29). The molecule has 1 aromatic carbocycles. The molecule has 4 rings (SSSR count). The molecule has 8 heteroatoms. The minimum atomic E-state index is -0.0790. The van der Waals surface area contributed by atoms with E-state index < -0.39 is 0 Å². The van der Waals surface area contributed by atoms with Crippen molar-refractivity contribution in [1.29, 1.82) is 0 Å². The Morgan fingerprint density at radius 3 is 2.80 bits per heavy atom. The van der Waals surface area contributed by atoms with E-state index in [2.05, 4.69) is 26.6 Å². The lowest BCUT2D eigenvalue weighted by Gasteiger charge is -2.36. The highest BCUT2D eigenvalue weighted by Gasteiger charge is 2.24. The molecule has 1 saturated heterocycles. The maximum Gasteiger partial charge on any atom is 0.157 e. The topological polar surface area (TPSA) is 53.1 Å². The SMILES string of the molecule is CC(Nc1nc(C2=CCN(C3CCCNC3)CC2)ncc1Cl)c1ccc(Cl)cc1Cl. The van der Waals surface area contributed by atoms with Crippen molar-refractivity contribution in [2.24, 2.45) is 0 Å². The van der Waals surface area contributed by atoms with Gasteiger partial charge in [0.15, 0.2) is 5.82 Å². The molecule has 30 heavy (non-hydrogen) atoms. The fourth-order valence-corrected chi connectivity index (χ4v) is 4.84. The fraction of sp³-hybridized carbons (Fsp3) is 0.455. The first kappa shape index (κ1) is 21.8. The molecule has 2 aliphatic rings. The third-order valence-corrected chi connectivity index (χ3v) is 6.68. The van der Waals surface area contributed by atoms with Gasteiger partial charge in [0, 0.05) is 35.7 Å². The Labute approximate surface area is 192 Å². The summed E-state index contributed by atoms with van der Waals surface area (Å²) in [7, 11) is 0. The Hall–Kier alpha value is -1.37. The lowest BCUT2D eigenvalue weighted by atomic mass is 10.0. The molecule has 2 N–H and O–H groups in total. The molecular weight excluding hydrogens is 441 g/mol. The summed E-state index contributed by atoms with van der Waals surface area (Å²) in [6.45, 7) is 6.21. The lowest BCUT2D eigenvalue weighted by molar-refractivity contribution is 0.182. The number of halogens is 3. The van der Waals surface area contributed by atoms with Gasteiger partial charge in [-0.3, -0.25) is 4.90 Å². The zero-order valence-corrected chi connectivity index (χ0v) is 19.2. The van der Waals surface area contributed by atoms with Gasteiger partial charge in [0.25, 0.3) is 0 Å². The molecule has 160 valence electrons. The van der Waals surface area contributed by atoms with Gasteiger partial charge in [-0.15, -0.1) is 0 Å². The van der Waals surface area contributed by atoms with E-state index in [0.717, 1.165) is 44.0 Å². The van der Waals surface area contributed by atoms with Crippen LogP contribution in [0.25, 0.3) is 5.57 Å². The first-order valence-electron chi connectivity index (χ1n) is 10.4. The molecule has 3 heterocycles. The summed E-state index contributed by atoms with van der Waals surface area (Å²) < 4.78 is 0. The molecular formula is C22H26Cl3N5. The first-order valence-corrected chi connectivity index (χ1v) is 11.5. The monoisotopic (exact) mass is 465 g/mol. The highest BCUT2D eigenvalue weighted by atomic mass is 35.5. The van der Waals surface area contributed by atoms with Crippen LogP contribution in [-0.4, -0.2) is 47.1 Å². The predicted octanol–water partition coefficient (Wildman–Crippen LogP) is 5.45. The van der Waals surface area contributed by atoms with Crippen molar-refractivity contribution in [1.82, 2.24) is 20.2 Å². The van der Waals surface area contributed by atoms with Crippen LogP contribution in [-0.2, 0) is 0 Å². The van der Waals surface area contributed by atoms with E-state index in [1.54, 1.807) is 12.3 Å². The number of benzene rings is 1. The largest absolute Gasteiger partial charge is 0.362 e. The van der Waals surface area contributed by atoms with E-state index in [-0.39, 0.29) is 6.04 Å². The quantitative estimate of drug-likeness (QED) is 0.613. The van der Waals surface area contributed by atoms with Gasteiger partial charge in [0.2, 0.25) is 0 Å². The second-order valence-electron chi connectivity index (χ2n) is 7.90. The summed E-state index contributed by atoms with van der Waals surface area (Å²) in [6.07, 6.45) is 7.39. The number of piperidine rings is 1. The van der Waals surface area contributed by atoms with Crippen molar-refractivity contribution in [3.63, 3.8) is 0 Å². The second-order valence-corrected chi connectivity index (χ2v) is 9.15. The summed E-state index contributed by atoms with van der Waals surface area (Å²) in [5, 5.41) is 8.58. The third-order valence-electron chi connectivity index (χ3n) is 5.84. The van der Waals surface area contributed by atoms with Gasteiger partial charge in [-0.1, -0.05) is 46.9 Å². The van der Waals surface area contributed by atoms with E-state index >= 15 is 0 Å². The Kier molecular flexibility index (Phi) is 7.16. The van der Waals surface area contributed by atoms with E-state index in [1.807, 2.05) is 19.1 Å². The van der Waals surface area contributed by atoms with Crippen LogP contribution in [0.3, 0.4) is 0 Å². The molecule has 0 spiro atoms. The molecule has 0 aliphatic carbocycles. The summed E-state index contributed by atoms with van der Waals surface area (Å²) in [6, 6.07) is 6.03. The molecule has 0 radical (unpaired) electrons. The molecule has 5 nitrogen and oxygen atoms in total. The summed E-state index contributed by atoms with van der Waals surface area (Å²) in [5.41, 5.74) is 2.11. The number of aromatic nitrogens is 2.